The lowest BCUT2D eigenvalue weighted by atomic mass is 10.0. The molecule has 0 spiro atoms. The highest BCUT2D eigenvalue weighted by Crippen LogP contribution is 2.19. The molecule has 2 aromatic rings. The summed E-state index contributed by atoms with van der Waals surface area (Å²) in [6, 6.07) is 14.3. The van der Waals surface area contributed by atoms with Crippen LogP contribution in [0.4, 0.5) is 0 Å². The van der Waals surface area contributed by atoms with Gasteiger partial charge < -0.3 is 10.1 Å². The molecule has 24 heavy (non-hydrogen) atoms. The number of hydrogen-bond acceptors (Lipinski definition) is 2. The Kier molecular flexibility index (Phi) is 6.86. The molecule has 0 bridgehead atoms. The van der Waals surface area contributed by atoms with Crippen LogP contribution in [-0.4, -0.2) is 19.1 Å². The summed E-state index contributed by atoms with van der Waals surface area (Å²) in [5, 5.41) is 3.01. The SMILES string of the molecule is CCOc1ccccc1CCCNC(=O)Cc1ccc(C)c(C)c1. The minimum atomic E-state index is 0.0800. The number of ether oxygens (including phenoxy) is 1. The molecule has 0 aromatic heterocycles. The van der Waals surface area contributed by atoms with Crippen LogP contribution in [0.15, 0.2) is 42.5 Å². The fourth-order valence-corrected chi connectivity index (χ4v) is 2.67. The maximum Gasteiger partial charge on any atom is 0.224 e. The molecule has 0 aliphatic rings. The van der Waals surface area contributed by atoms with Crippen molar-refractivity contribution >= 4 is 5.91 Å². The summed E-state index contributed by atoms with van der Waals surface area (Å²) in [5.41, 5.74) is 4.75. The van der Waals surface area contributed by atoms with E-state index in [-0.39, 0.29) is 5.91 Å². The minimum Gasteiger partial charge on any atom is -0.494 e. The first-order valence-electron chi connectivity index (χ1n) is 8.63. The van der Waals surface area contributed by atoms with Crippen LogP contribution in [0.2, 0.25) is 0 Å². The Morgan fingerprint density at radius 1 is 1.08 bits per heavy atom. The first-order valence-corrected chi connectivity index (χ1v) is 8.63. The third kappa shape index (κ3) is 5.41. The van der Waals surface area contributed by atoms with Crippen molar-refractivity contribution in [2.45, 2.75) is 40.0 Å². The van der Waals surface area contributed by atoms with E-state index >= 15 is 0 Å². The van der Waals surface area contributed by atoms with Crippen molar-refractivity contribution in [3.8, 4) is 5.75 Å². The lowest BCUT2D eigenvalue weighted by molar-refractivity contribution is -0.120. The molecule has 0 radical (unpaired) electrons. The van der Waals surface area contributed by atoms with Crippen LogP contribution in [0.3, 0.4) is 0 Å². The number of aryl methyl sites for hydroxylation is 3. The van der Waals surface area contributed by atoms with E-state index in [1.54, 1.807) is 0 Å². The molecule has 0 saturated carbocycles. The van der Waals surface area contributed by atoms with E-state index in [1.807, 2.05) is 31.2 Å². The molecule has 3 nitrogen and oxygen atoms in total. The van der Waals surface area contributed by atoms with E-state index < -0.39 is 0 Å². The van der Waals surface area contributed by atoms with Gasteiger partial charge in [0.25, 0.3) is 0 Å². The Bertz CT molecular complexity index is 679. The van der Waals surface area contributed by atoms with E-state index in [0.717, 1.165) is 24.2 Å². The Hall–Kier alpha value is -2.29. The highest BCUT2D eigenvalue weighted by molar-refractivity contribution is 5.78. The van der Waals surface area contributed by atoms with Crippen LogP contribution in [-0.2, 0) is 17.6 Å². The van der Waals surface area contributed by atoms with Gasteiger partial charge in [-0.15, -0.1) is 0 Å². The average molecular weight is 325 g/mol. The fraction of sp³-hybridized carbons (Fsp3) is 0.381. The van der Waals surface area contributed by atoms with Gasteiger partial charge in [-0.05, 0) is 61.9 Å². The van der Waals surface area contributed by atoms with Gasteiger partial charge in [0.15, 0.2) is 0 Å². The summed E-state index contributed by atoms with van der Waals surface area (Å²) in [5.74, 6) is 1.03. The number of benzene rings is 2. The van der Waals surface area contributed by atoms with Gasteiger partial charge in [-0.1, -0.05) is 36.4 Å². The van der Waals surface area contributed by atoms with Gasteiger partial charge in [0.2, 0.25) is 5.91 Å². The molecule has 3 heteroatoms. The molecule has 2 aromatic carbocycles. The van der Waals surface area contributed by atoms with E-state index in [2.05, 4.69) is 37.4 Å². The summed E-state index contributed by atoms with van der Waals surface area (Å²) in [4.78, 5) is 12.1. The van der Waals surface area contributed by atoms with E-state index in [0.29, 0.717) is 19.6 Å². The van der Waals surface area contributed by atoms with Crippen LogP contribution in [0, 0.1) is 13.8 Å². The van der Waals surface area contributed by atoms with Crippen LogP contribution < -0.4 is 10.1 Å². The molecule has 128 valence electrons. The van der Waals surface area contributed by atoms with Crippen LogP contribution in [0.25, 0.3) is 0 Å². The Morgan fingerprint density at radius 2 is 1.88 bits per heavy atom. The minimum absolute atomic E-state index is 0.0800. The first kappa shape index (κ1) is 18.1. The molecule has 0 fully saturated rings. The molecule has 0 unspecified atom stereocenters. The van der Waals surface area contributed by atoms with Gasteiger partial charge in [-0.25, -0.2) is 0 Å². The highest BCUT2D eigenvalue weighted by Gasteiger charge is 2.05. The van der Waals surface area contributed by atoms with Crippen molar-refractivity contribution in [1.82, 2.24) is 5.32 Å². The van der Waals surface area contributed by atoms with Crippen molar-refractivity contribution in [2.24, 2.45) is 0 Å². The van der Waals surface area contributed by atoms with Gasteiger partial charge >= 0.3 is 0 Å². The quantitative estimate of drug-likeness (QED) is 0.745. The molecule has 1 amide bonds. The molecule has 2 rings (SSSR count). The zero-order valence-corrected chi connectivity index (χ0v) is 14.9. The molecule has 0 heterocycles. The molecule has 0 aliphatic carbocycles. The van der Waals surface area contributed by atoms with Gasteiger partial charge in [0.1, 0.15) is 5.75 Å². The van der Waals surface area contributed by atoms with Gasteiger partial charge in [0.05, 0.1) is 13.0 Å². The first-order chi connectivity index (χ1) is 11.6. The number of hydrogen-bond donors (Lipinski definition) is 1. The average Bonchev–Trinajstić information content (AvgIpc) is 2.57. The summed E-state index contributed by atoms with van der Waals surface area (Å²) >= 11 is 0. The van der Waals surface area contributed by atoms with Crippen molar-refractivity contribution in [2.75, 3.05) is 13.2 Å². The molecular weight excluding hydrogens is 298 g/mol. The zero-order chi connectivity index (χ0) is 17.4. The van der Waals surface area contributed by atoms with E-state index in [1.165, 1.54) is 16.7 Å². The normalized spacial score (nSPS) is 10.5. The van der Waals surface area contributed by atoms with Crippen molar-refractivity contribution in [3.63, 3.8) is 0 Å². The second-order valence-electron chi connectivity index (χ2n) is 6.09. The number of rotatable bonds is 8. The second kappa shape index (κ2) is 9.11. The second-order valence-corrected chi connectivity index (χ2v) is 6.09. The summed E-state index contributed by atoms with van der Waals surface area (Å²) in [6.07, 6.45) is 2.25. The largest absolute Gasteiger partial charge is 0.494 e. The maximum atomic E-state index is 12.1. The van der Waals surface area contributed by atoms with Crippen LogP contribution in [0.1, 0.15) is 35.6 Å². The lowest BCUT2D eigenvalue weighted by Crippen LogP contribution is -2.26. The number of nitrogens with one attached hydrogen (secondary N) is 1. The molecule has 1 N–H and O–H groups in total. The third-order valence-electron chi connectivity index (χ3n) is 4.15. The Balaban J connectivity index is 1.76. The Morgan fingerprint density at radius 3 is 2.62 bits per heavy atom. The Labute approximate surface area is 145 Å². The zero-order valence-electron chi connectivity index (χ0n) is 14.9. The van der Waals surface area contributed by atoms with Crippen molar-refractivity contribution in [3.05, 3.63) is 64.7 Å². The number of carbonyl (C=O) groups is 1. The molecular formula is C21H27NO2. The van der Waals surface area contributed by atoms with Crippen LogP contribution >= 0.6 is 0 Å². The number of para-hydroxylation sites is 1. The van der Waals surface area contributed by atoms with Gasteiger partial charge in [0, 0.05) is 6.54 Å². The number of carbonyl (C=O) groups excluding carboxylic acids is 1. The van der Waals surface area contributed by atoms with Crippen LogP contribution in [0.5, 0.6) is 5.75 Å². The van der Waals surface area contributed by atoms with E-state index in [9.17, 15) is 4.79 Å². The fourth-order valence-electron chi connectivity index (χ4n) is 2.67. The summed E-state index contributed by atoms with van der Waals surface area (Å²) in [7, 11) is 0. The topological polar surface area (TPSA) is 38.3 Å². The smallest absolute Gasteiger partial charge is 0.224 e. The van der Waals surface area contributed by atoms with E-state index in [4.69, 9.17) is 4.74 Å². The standard InChI is InChI=1S/C21H27NO2/c1-4-24-20-10-6-5-8-19(20)9-7-13-22-21(23)15-18-12-11-16(2)17(3)14-18/h5-6,8,10-12,14H,4,7,9,13,15H2,1-3H3,(H,22,23). The van der Waals surface area contributed by atoms with Crippen molar-refractivity contribution < 1.29 is 9.53 Å². The third-order valence-corrected chi connectivity index (χ3v) is 4.15. The van der Waals surface area contributed by atoms with Crippen molar-refractivity contribution in [1.29, 1.82) is 0 Å². The molecule has 0 atom stereocenters. The highest BCUT2D eigenvalue weighted by atomic mass is 16.5. The monoisotopic (exact) mass is 325 g/mol. The summed E-state index contributed by atoms with van der Waals surface area (Å²) in [6.45, 7) is 7.50. The molecule has 0 aliphatic heterocycles. The predicted molar refractivity (Wildman–Crippen MR) is 98.6 cm³/mol. The lowest BCUT2D eigenvalue weighted by Gasteiger charge is -2.10. The van der Waals surface area contributed by atoms with Gasteiger partial charge in [-0.2, -0.15) is 0 Å². The summed E-state index contributed by atoms with van der Waals surface area (Å²) < 4.78 is 5.63. The molecule has 0 saturated heterocycles. The van der Waals surface area contributed by atoms with Gasteiger partial charge in [-0.3, -0.25) is 4.79 Å². The maximum absolute atomic E-state index is 12.1. The number of amides is 1. The predicted octanol–water partition coefficient (Wildman–Crippen LogP) is 3.99.